The summed E-state index contributed by atoms with van der Waals surface area (Å²) in [6.07, 6.45) is 3.45. The average molecular weight is 575 g/mol. The Bertz CT molecular complexity index is 1520. The zero-order valence-electron chi connectivity index (χ0n) is 22.9. The van der Waals surface area contributed by atoms with Crippen LogP contribution in [0.25, 0.3) is 16.9 Å². The highest BCUT2D eigenvalue weighted by Gasteiger charge is 2.26. The summed E-state index contributed by atoms with van der Waals surface area (Å²) in [7, 11) is 3.14. The summed E-state index contributed by atoms with van der Waals surface area (Å²) in [4.78, 5) is 33.3. The summed E-state index contributed by atoms with van der Waals surface area (Å²) in [5.41, 5.74) is 2.65. The van der Waals surface area contributed by atoms with Crippen molar-refractivity contribution in [3.63, 3.8) is 0 Å². The van der Waals surface area contributed by atoms with Crippen molar-refractivity contribution in [3.8, 4) is 28.4 Å². The molecule has 0 radical (unpaired) electrons. The molecule has 10 heteroatoms. The molecule has 2 heterocycles. The van der Waals surface area contributed by atoms with E-state index in [2.05, 4.69) is 5.32 Å². The molecule has 5 rings (SSSR count). The third kappa shape index (κ3) is 6.87. The molecule has 1 N–H and O–H groups in total. The molecule has 0 aliphatic carbocycles. The van der Waals surface area contributed by atoms with Gasteiger partial charge >= 0.3 is 0 Å². The van der Waals surface area contributed by atoms with Crippen molar-refractivity contribution in [2.45, 2.75) is 18.9 Å². The molecule has 212 valence electrons. The quantitative estimate of drug-likeness (QED) is 0.270. The van der Waals surface area contributed by atoms with Gasteiger partial charge in [0.2, 0.25) is 11.9 Å². The van der Waals surface area contributed by atoms with Crippen molar-refractivity contribution in [1.82, 2.24) is 14.5 Å². The zero-order chi connectivity index (χ0) is 28.8. The molecule has 1 aromatic heterocycles. The van der Waals surface area contributed by atoms with Crippen LogP contribution in [0, 0.1) is 0 Å². The van der Waals surface area contributed by atoms with Gasteiger partial charge < -0.3 is 19.1 Å². The molecular formula is C31H31ClN4O5. The highest BCUT2D eigenvalue weighted by atomic mass is 35.5. The first-order valence-electron chi connectivity index (χ1n) is 13.3. The fraction of sp³-hybridized carbons (Fsp3) is 0.258. The maximum atomic E-state index is 13.6. The summed E-state index contributed by atoms with van der Waals surface area (Å²) in [6.45, 7) is 0.754. The molecule has 1 atom stereocenters. The molecule has 1 saturated heterocycles. The molecule has 1 aliphatic heterocycles. The minimum Gasteiger partial charge on any atom is -0.497 e. The highest BCUT2D eigenvalue weighted by molar-refractivity contribution is 6.30. The Morgan fingerprint density at radius 3 is 2.49 bits per heavy atom. The van der Waals surface area contributed by atoms with Crippen molar-refractivity contribution in [3.05, 3.63) is 89.6 Å². The normalized spacial score (nSPS) is 14.5. The number of halogens is 1. The maximum Gasteiger partial charge on any atom is 0.254 e. The molecule has 0 saturated carbocycles. The molecule has 0 bridgehead atoms. The van der Waals surface area contributed by atoms with Crippen LogP contribution in [-0.4, -0.2) is 66.3 Å². The van der Waals surface area contributed by atoms with Gasteiger partial charge in [0.05, 0.1) is 31.7 Å². The van der Waals surface area contributed by atoms with E-state index >= 15 is 0 Å². The fourth-order valence-electron chi connectivity index (χ4n) is 4.71. The zero-order valence-corrected chi connectivity index (χ0v) is 23.6. The van der Waals surface area contributed by atoms with Gasteiger partial charge in [-0.3, -0.25) is 19.5 Å². The van der Waals surface area contributed by atoms with Crippen LogP contribution in [0.15, 0.2) is 79.0 Å². The molecule has 2 amide bonds. The largest absolute Gasteiger partial charge is 0.497 e. The van der Waals surface area contributed by atoms with Crippen molar-refractivity contribution >= 4 is 29.4 Å². The van der Waals surface area contributed by atoms with E-state index in [1.807, 2.05) is 42.6 Å². The van der Waals surface area contributed by atoms with Crippen molar-refractivity contribution < 1.29 is 23.8 Å². The molecule has 9 nitrogen and oxygen atoms in total. The van der Waals surface area contributed by atoms with Crippen LogP contribution in [-0.2, 0) is 9.53 Å². The molecular weight excluding hydrogens is 544 g/mol. The van der Waals surface area contributed by atoms with Crippen LogP contribution >= 0.6 is 11.6 Å². The van der Waals surface area contributed by atoms with Gasteiger partial charge in [0, 0.05) is 41.6 Å². The number of carbonyl (C=O) groups excluding carboxylic acids is 2. The minimum atomic E-state index is -0.392. The lowest BCUT2D eigenvalue weighted by Crippen LogP contribution is -2.42. The minimum absolute atomic E-state index is 0.132. The second-order valence-electron chi connectivity index (χ2n) is 9.63. The van der Waals surface area contributed by atoms with E-state index in [0.717, 1.165) is 24.1 Å². The number of benzene rings is 3. The van der Waals surface area contributed by atoms with E-state index in [0.29, 0.717) is 46.9 Å². The second-order valence-corrected chi connectivity index (χ2v) is 10.1. The monoisotopic (exact) mass is 574 g/mol. The standard InChI is InChI=1S/C31H31ClN4O5/c1-39-25-8-3-6-22(16-25)30(38)35(18-27-10-5-15-41-27)20-29(37)34-31-33-28(21-11-13-23(32)14-12-21)19-36(31)24-7-4-9-26(17-24)40-2/h3-4,6-9,11-14,16-17,19,27H,5,10,15,18,20H2,1-2H3,(H,33,34,37)/t27-/m0/s1. The first kappa shape index (κ1) is 28.2. The van der Waals surface area contributed by atoms with Gasteiger partial charge in [-0.15, -0.1) is 0 Å². The Balaban J connectivity index is 1.43. The van der Waals surface area contributed by atoms with Crippen LogP contribution in [0.4, 0.5) is 5.95 Å². The van der Waals surface area contributed by atoms with Crippen LogP contribution in [0.2, 0.25) is 5.02 Å². The lowest BCUT2D eigenvalue weighted by molar-refractivity contribution is -0.117. The lowest BCUT2D eigenvalue weighted by Gasteiger charge is -2.25. The van der Waals surface area contributed by atoms with Gasteiger partial charge in [0.15, 0.2) is 0 Å². The lowest BCUT2D eigenvalue weighted by atomic mass is 10.1. The highest BCUT2D eigenvalue weighted by Crippen LogP contribution is 2.27. The smallest absolute Gasteiger partial charge is 0.254 e. The van der Waals surface area contributed by atoms with Crippen LogP contribution in [0.5, 0.6) is 11.5 Å². The third-order valence-electron chi connectivity index (χ3n) is 6.82. The van der Waals surface area contributed by atoms with Gasteiger partial charge in [-0.2, -0.15) is 0 Å². The van der Waals surface area contributed by atoms with Crippen molar-refractivity contribution in [2.75, 3.05) is 39.2 Å². The van der Waals surface area contributed by atoms with Gasteiger partial charge in [-0.05, 0) is 55.3 Å². The van der Waals surface area contributed by atoms with Gasteiger partial charge in [-0.1, -0.05) is 35.9 Å². The Morgan fingerprint density at radius 2 is 1.78 bits per heavy atom. The van der Waals surface area contributed by atoms with Gasteiger partial charge in [0.1, 0.15) is 18.0 Å². The second kappa shape index (κ2) is 12.9. The molecule has 3 aromatic carbocycles. The summed E-state index contributed by atoms with van der Waals surface area (Å²) in [6, 6.07) is 21.6. The van der Waals surface area contributed by atoms with Crippen molar-refractivity contribution in [2.24, 2.45) is 0 Å². The van der Waals surface area contributed by atoms with E-state index in [-0.39, 0.29) is 18.6 Å². The van der Waals surface area contributed by atoms with E-state index in [1.54, 1.807) is 55.2 Å². The summed E-state index contributed by atoms with van der Waals surface area (Å²) < 4.78 is 18.3. The molecule has 0 unspecified atom stereocenters. The van der Waals surface area contributed by atoms with Crippen molar-refractivity contribution in [1.29, 1.82) is 0 Å². The fourth-order valence-corrected chi connectivity index (χ4v) is 4.84. The molecule has 4 aromatic rings. The number of rotatable bonds is 10. The SMILES string of the molecule is COc1cccc(C(=O)N(CC(=O)Nc2nc(-c3ccc(Cl)cc3)cn2-c2cccc(OC)c2)C[C@@H]2CCCO2)c1. The molecule has 1 fully saturated rings. The number of hydrogen-bond donors (Lipinski definition) is 1. The van der Waals surface area contributed by atoms with E-state index < -0.39 is 5.91 Å². The predicted molar refractivity (Wildman–Crippen MR) is 157 cm³/mol. The molecule has 0 spiro atoms. The van der Waals surface area contributed by atoms with E-state index in [9.17, 15) is 9.59 Å². The topological polar surface area (TPSA) is 94.9 Å². The molecule has 1 aliphatic rings. The number of carbonyl (C=O) groups is 2. The number of nitrogens with one attached hydrogen (secondary N) is 1. The maximum absolute atomic E-state index is 13.6. The van der Waals surface area contributed by atoms with Crippen LogP contribution < -0.4 is 14.8 Å². The number of amides is 2. The average Bonchev–Trinajstić information content (AvgIpc) is 3.67. The Kier molecular flexibility index (Phi) is 8.86. The number of aromatic nitrogens is 2. The molecule has 41 heavy (non-hydrogen) atoms. The van der Waals surface area contributed by atoms with Crippen LogP contribution in [0.3, 0.4) is 0 Å². The van der Waals surface area contributed by atoms with Gasteiger partial charge in [-0.25, -0.2) is 4.98 Å². The number of methoxy groups -OCH3 is 2. The summed E-state index contributed by atoms with van der Waals surface area (Å²) in [5, 5.41) is 3.53. The van der Waals surface area contributed by atoms with Gasteiger partial charge in [0.25, 0.3) is 5.91 Å². The summed E-state index contributed by atoms with van der Waals surface area (Å²) in [5.74, 6) is 0.851. The number of ether oxygens (including phenoxy) is 3. The Labute approximate surface area is 243 Å². The predicted octanol–water partition coefficient (Wildman–Crippen LogP) is 5.47. The first-order chi connectivity index (χ1) is 19.9. The number of anilines is 1. The van der Waals surface area contributed by atoms with E-state index in [4.69, 9.17) is 30.8 Å². The number of imidazole rings is 1. The Morgan fingerprint density at radius 1 is 1.05 bits per heavy atom. The van der Waals surface area contributed by atoms with E-state index in [1.165, 1.54) is 4.90 Å². The number of nitrogens with zero attached hydrogens (tertiary/aromatic N) is 3. The number of hydrogen-bond acceptors (Lipinski definition) is 6. The third-order valence-corrected chi connectivity index (χ3v) is 7.07. The Hall–Kier alpha value is -4.34. The first-order valence-corrected chi connectivity index (χ1v) is 13.7. The van der Waals surface area contributed by atoms with Crippen LogP contribution in [0.1, 0.15) is 23.2 Å². The summed E-state index contributed by atoms with van der Waals surface area (Å²) >= 11 is 6.09.